The Morgan fingerprint density at radius 2 is 2.46 bits per heavy atom. The standard InChI is InChI=1S/C12H15F/c1-2-8-3-4-9-5-6-12(13)7-10(12)11(8)9/h5-6,8,10H,2-4,7H2,1H3. The molecule has 3 aliphatic carbocycles. The van der Waals surface area contributed by atoms with E-state index in [4.69, 9.17) is 0 Å². The zero-order valence-corrected chi connectivity index (χ0v) is 8.02. The molecule has 0 N–H and O–H groups in total. The van der Waals surface area contributed by atoms with Crippen LogP contribution in [0.5, 0.6) is 0 Å². The van der Waals surface area contributed by atoms with Crippen molar-refractivity contribution >= 4 is 0 Å². The first kappa shape index (κ1) is 7.78. The fourth-order valence-corrected chi connectivity index (χ4v) is 3.05. The lowest BCUT2D eigenvalue weighted by atomic mass is 9.90. The van der Waals surface area contributed by atoms with E-state index in [9.17, 15) is 4.39 Å². The number of allylic oxidation sites excluding steroid dienone is 4. The van der Waals surface area contributed by atoms with Crippen molar-refractivity contribution in [3.05, 3.63) is 23.3 Å². The van der Waals surface area contributed by atoms with Crippen LogP contribution in [-0.2, 0) is 0 Å². The number of hydrogen-bond donors (Lipinski definition) is 0. The van der Waals surface area contributed by atoms with E-state index in [-0.39, 0.29) is 5.92 Å². The van der Waals surface area contributed by atoms with Gasteiger partial charge in [0.2, 0.25) is 0 Å². The first-order valence-corrected chi connectivity index (χ1v) is 5.35. The molecule has 3 rings (SSSR count). The molecule has 3 unspecified atom stereocenters. The molecule has 1 heteroatoms. The van der Waals surface area contributed by atoms with E-state index in [1.807, 2.05) is 0 Å². The lowest BCUT2D eigenvalue weighted by molar-refractivity contribution is 0.350. The maximum atomic E-state index is 13.8. The first-order valence-electron chi connectivity index (χ1n) is 5.35. The normalized spacial score (nSPS) is 46.3. The first-order chi connectivity index (χ1) is 6.24. The van der Waals surface area contributed by atoms with Crippen molar-refractivity contribution in [3.8, 4) is 0 Å². The Morgan fingerprint density at radius 1 is 1.62 bits per heavy atom. The number of rotatable bonds is 1. The second-order valence-corrected chi connectivity index (χ2v) is 4.64. The highest BCUT2D eigenvalue weighted by Gasteiger charge is 2.58. The van der Waals surface area contributed by atoms with Crippen LogP contribution in [0, 0.1) is 11.8 Å². The van der Waals surface area contributed by atoms with Gasteiger partial charge >= 0.3 is 0 Å². The topological polar surface area (TPSA) is 0 Å². The Kier molecular flexibility index (Phi) is 1.35. The van der Waals surface area contributed by atoms with E-state index in [0.717, 1.165) is 6.42 Å². The minimum atomic E-state index is -0.920. The molecule has 0 aromatic rings. The zero-order valence-electron chi connectivity index (χ0n) is 8.02. The molecule has 1 saturated carbocycles. The number of fused-ring (bicyclic) bond motifs is 2. The van der Waals surface area contributed by atoms with Crippen LogP contribution < -0.4 is 0 Å². The van der Waals surface area contributed by atoms with Gasteiger partial charge in [-0.3, -0.25) is 0 Å². The Balaban J connectivity index is 1.99. The Hall–Kier alpha value is -0.590. The maximum absolute atomic E-state index is 13.8. The van der Waals surface area contributed by atoms with Crippen LogP contribution in [0.1, 0.15) is 32.6 Å². The van der Waals surface area contributed by atoms with Crippen molar-refractivity contribution in [1.29, 1.82) is 0 Å². The van der Waals surface area contributed by atoms with E-state index in [2.05, 4.69) is 13.0 Å². The largest absolute Gasteiger partial charge is 0.239 e. The van der Waals surface area contributed by atoms with E-state index >= 15 is 0 Å². The number of alkyl halides is 1. The lowest BCUT2D eigenvalue weighted by Crippen LogP contribution is -2.10. The van der Waals surface area contributed by atoms with Crippen LogP contribution in [0.15, 0.2) is 23.3 Å². The van der Waals surface area contributed by atoms with Crippen LogP contribution >= 0.6 is 0 Å². The molecule has 70 valence electrons. The van der Waals surface area contributed by atoms with Crippen LogP contribution in [0.3, 0.4) is 0 Å². The minimum Gasteiger partial charge on any atom is -0.239 e. The van der Waals surface area contributed by atoms with Crippen molar-refractivity contribution in [2.45, 2.75) is 38.3 Å². The summed E-state index contributed by atoms with van der Waals surface area (Å²) in [5, 5.41) is 0. The molecule has 1 fully saturated rings. The lowest BCUT2D eigenvalue weighted by Gasteiger charge is -2.16. The summed E-state index contributed by atoms with van der Waals surface area (Å²) in [5.41, 5.74) is 2.02. The molecular formula is C12H15F. The van der Waals surface area contributed by atoms with Crippen LogP contribution in [-0.4, -0.2) is 5.67 Å². The second kappa shape index (κ2) is 2.26. The van der Waals surface area contributed by atoms with E-state index in [0.29, 0.717) is 5.92 Å². The number of hydrogen-bond acceptors (Lipinski definition) is 0. The van der Waals surface area contributed by atoms with Gasteiger partial charge in [-0.15, -0.1) is 0 Å². The Labute approximate surface area is 78.5 Å². The van der Waals surface area contributed by atoms with Crippen molar-refractivity contribution in [3.63, 3.8) is 0 Å². The summed E-state index contributed by atoms with van der Waals surface area (Å²) in [5.74, 6) is 0.975. The average Bonchev–Trinajstić information content (AvgIpc) is 2.66. The third-order valence-electron chi connectivity index (χ3n) is 3.94. The molecule has 3 aliphatic rings. The highest BCUT2D eigenvalue weighted by Crippen LogP contribution is 2.60. The van der Waals surface area contributed by atoms with Gasteiger partial charge in [0.05, 0.1) is 0 Å². The molecule has 0 saturated heterocycles. The van der Waals surface area contributed by atoms with Gasteiger partial charge in [-0.05, 0) is 43.3 Å². The monoisotopic (exact) mass is 178 g/mol. The van der Waals surface area contributed by atoms with Gasteiger partial charge in [0.1, 0.15) is 5.67 Å². The summed E-state index contributed by atoms with van der Waals surface area (Å²) in [7, 11) is 0. The molecule has 0 radical (unpaired) electrons. The van der Waals surface area contributed by atoms with Crippen molar-refractivity contribution in [1.82, 2.24) is 0 Å². The molecular weight excluding hydrogens is 163 g/mol. The van der Waals surface area contributed by atoms with Gasteiger partial charge in [0, 0.05) is 5.92 Å². The highest BCUT2D eigenvalue weighted by molar-refractivity contribution is 5.47. The van der Waals surface area contributed by atoms with Gasteiger partial charge in [-0.25, -0.2) is 4.39 Å². The molecule has 3 atom stereocenters. The van der Waals surface area contributed by atoms with Gasteiger partial charge in [0.25, 0.3) is 0 Å². The second-order valence-electron chi connectivity index (χ2n) is 4.64. The summed E-state index contributed by atoms with van der Waals surface area (Å²) in [4.78, 5) is 0. The molecule has 0 nitrogen and oxygen atoms in total. The fourth-order valence-electron chi connectivity index (χ4n) is 3.05. The average molecular weight is 178 g/mol. The highest BCUT2D eigenvalue weighted by atomic mass is 19.1. The van der Waals surface area contributed by atoms with Crippen molar-refractivity contribution in [2.24, 2.45) is 11.8 Å². The van der Waals surface area contributed by atoms with E-state index in [1.165, 1.54) is 30.4 Å². The zero-order chi connectivity index (χ0) is 9.05. The third kappa shape index (κ3) is 0.905. The fraction of sp³-hybridized carbons (Fsp3) is 0.667. The van der Waals surface area contributed by atoms with Gasteiger partial charge in [0.15, 0.2) is 0 Å². The quantitative estimate of drug-likeness (QED) is 0.577. The molecule has 0 bridgehead atoms. The summed E-state index contributed by atoms with van der Waals surface area (Å²) in [6.07, 6.45) is 8.26. The summed E-state index contributed by atoms with van der Waals surface area (Å²) < 4.78 is 13.8. The van der Waals surface area contributed by atoms with Gasteiger partial charge in [-0.2, -0.15) is 0 Å². The molecule has 0 amide bonds. The predicted octanol–water partition coefficient (Wildman–Crippen LogP) is 3.40. The molecule has 13 heavy (non-hydrogen) atoms. The maximum Gasteiger partial charge on any atom is 0.136 e. The van der Waals surface area contributed by atoms with E-state index < -0.39 is 5.67 Å². The minimum absolute atomic E-state index is 0.278. The summed E-state index contributed by atoms with van der Waals surface area (Å²) in [6.45, 7) is 2.22. The molecule has 0 spiro atoms. The smallest absolute Gasteiger partial charge is 0.136 e. The molecule has 0 aromatic heterocycles. The predicted molar refractivity (Wildman–Crippen MR) is 51.1 cm³/mol. The van der Waals surface area contributed by atoms with E-state index in [1.54, 1.807) is 6.08 Å². The van der Waals surface area contributed by atoms with Crippen LogP contribution in [0.2, 0.25) is 0 Å². The molecule has 0 aliphatic heterocycles. The molecule has 0 heterocycles. The third-order valence-corrected chi connectivity index (χ3v) is 3.94. The number of halogens is 1. The van der Waals surface area contributed by atoms with Gasteiger partial charge in [-0.1, -0.05) is 18.6 Å². The van der Waals surface area contributed by atoms with Crippen LogP contribution in [0.4, 0.5) is 4.39 Å². The van der Waals surface area contributed by atoms with Crippen molar-refractivity contribution in [2.75, 3.05) is 0 Å². The van der Waals surface area contributed by atoms with Gasteiger partial charge < -0.3 is 0 Å². The Bertz CT molecular complexity index is 313. The summed E-state index contributed by atoms with van der Waals surface area (Å²) in [6, 6.07) is 0. The SMILES string of the molecule is CCC1CCC2=C1C1CC1(F)C=C2. The van der Waals surface area contributed by atoms with Crippen molar-refractivity contribution < 1.29 is 4.39 Å². The summed E-state index contributed by atoms with van der Waals surface area (Å²) >= 11 is 0. The molecule has 0 aromatic carbocycles. The Morgan fingerprint density at radius 3 is 3.23 bits per heavy atom. The van der Waals surface area contributed by atoms with Crippen LogP contribution in [0.25, 0.3) is 0 Å².